The maximum atomic E-state index is 13.5. The summed E-state index contributed by atoms with van der Waals surface area (Å²) in [6, 6.07) is 5.00. The lowest BCUT2D eigenvalue weighted by molar-refractivity contribution is 0.487. The number of aryl methyl sites for hydroxylation is 1. The van der Waals surface area contributed by atoms with Crippen molar-refractivity contribution in [3.8, 4) is 0 Å². The molecule has 0 atom stereocenters. The van der Waals surface area contributed by atoms with Crippen LogP contribution in [-0.4, -0.2) is 11.1 Å². The summed E-state index contributed by atoms with van der Waals surface area (Å²) in [5, 5.41) is 1.01. The van der Waals surface area contributed by atoms with E-state index in [0.29, 0.717) is 6.54 Å². The molecule has 0 saturated heterocycles. The van der Waals surface area contributed by atoms with Crippen molar-refractivity contribution < 1.29 is 4.39 Å². The molecule has 0 aliphatic heterocycles. The van der Waals surface area contributed by atoms with Crippen LogP contribution in [0.2, 0.25) is 0 Å². The van der Waals surface area contributed by atoms with Crippen LogP contribution >= 0.6 is 0 Å². The van der Waals surface area contributed by atoms with Gasteiger partial charge >= 0.3 is 0 Å². The van der Waals surface area contributed by atoms with E-state index >= 15 is 0 Å². The molecule has 2 N–H and O–H groups in total. The highest BCUT2D eigenvalue weighted by atomic mass is 19.1. The van der Waals surface area contributed by atoms with Gasteiger partial charge in [-0.15, -0.1) is 0 Å². The summed E-state index contributed by atoms with van der Waals surface area (Å²) < 4.78 is 15.6. The minimum absolute atomic E-state index is 0.0356. The first-order chi connectivity index (χ1) is 8.38. The van der Waals surface area contributed by atoms with Crippen molar-refractivity contribution in [2.24, 2.45) is 12.8 Å². The van der Waals surface area contributed by atoms with Crippen LogP contribution in [0.4, 0.5) is 4.39 Å². The SMILES string of the molecule is Cc1c(C(C)(C)CCN)c2cc(F)ccc2n1C. The molecule has 2 nitrogen and oxygen atoms in total. The van der Waals surface area contributed by atoms with E-state index in [4.69, 9.17) is 5.73 Å². The molecule has 0 unspecified atom stereocenters. The number of aromatic nitrogens is 1. The predicted molar refractivity (Wildman–Crippen MR) is 74.3 cm³/mol. The fourth-order valence-corrected chi connectivity index (χ4v) is 2.88. The van der Waals surface area contributed by atoms with Crippen LogP contribution in [-0.2, 0) is 12.5 Å². The number of hydrogen-bond acceptors (Lipinski definition) is 1. The molecule has 2 aromatic rings. The van der Waals surface area contributed by atoms with Gasteiger partial charge in [-0.05, 0) is 49.1 Å². The van der Waals surface area contributed by atoms with Crippen molar-refractivity contribution in [1.82, 2.24) is 4.57 Å². The second-order valence-electron chi connectivity index (χ2n) is 5.60. The van der Waals surface area contributed by atoms with Gasteiger partial charge in [0.15, 0.2) is 0 Å². The van der Waals surface area contributed by atoms with Gasteiger partial charge in [0.25, 0.3) is 0 Å². The molecule has 1 aromatic carbocycles. The van der Waals surface area contributed by atoms with Crippen LogP contribution in [0.1, 0.15) is 31.5 Å². The Hall–Kier alpha value is -1.35. The molecular formula is C15H21FN2. The Morgan fingerprint density at radius 2 is 2.00 bits per heavy atom. The van der Waals surface area contributed by atoms with Crippen LogP contribution in [0.3, 0.4) is 0 Å². The van der Waals surface area contributed by atoms with Crippen molar-refractivity contribution >= 4 is 10.9 Å². The summed E-state index contributed by atoms with van der Waals surface area (Å²) >= 11 is 0. The summed E-state index contributed by atoms with van der Waals surface area (Å²) in [5.74, 6) is -0.183. The number of nitrogens with two attached hydrogens (primary N) is 1. The second kappa shape index (κ2) is 4.39. The van der Waals surface area contributed by atoms with Crippen LogP contribution in [0.15, 0.2) is 18.2 Å². The summed E-state index contributed by atoms with van der Waals surface area (Å²) in [6.07, 6.45) is 0.892. The van der Waals surface area contributed by atoms with Gasteiger partial charge in [0.1, 0.15) is 5.82 Å². The van der Waals surface area contributed by atoms with E-state index in [9.17, 15) is 4.39 Å². The largest absolute Gasteiger partial charge is 0.348 e. The molecule has 0 amide bonds. The highest BCUT2D eigenvalue weighted by Crippen LogP contribution is 2.37. The predicted octanol–water partition coefficient (Wildman–Crippen LogP) is 3.25. The van der Waals surface area contributed by atoms with Gasteiger partial charge in [-0.2, -0.15) is 0 Å². The Labute approximate surface area is 108 Å². The molecule has 0 aliphatic carbocycles. The van der Waals surface area contributed by atoms with Gasteiger partial charge in [-0.25, -0.2) is 4.39 Å². The van der Waals surface area contributed by atoms with Crippen molar-refractivity contribution in [3.05, 3.63) is 35.3 Å². The number of hydrogen-bond donors (Lipinski definition) is 1. The van der Waals surface area contributed by atoms with Gasteiger partial charge in [0.05, 0.1) is 0 Å². The van der Waals surface area contributed by atoms with Crippen LogP contribution in [0.25, 0.3) is 10.9 Å². The van der Waals surface area contributed by atoms with Crippen molar-refractivity contribution in [2.45, 2.75) is 32.6 Å². The fraction of sp³-hybridized carbons (Fsp3) is 0.467. The van der Waals surface area contributed by atoms with Crippen molar-refractivity contribution in [1.29, 1.82) is 0 Å². The topological polar surface area (TPSA) is 30.9 Å². The van der Waals surface area contributed by atoms with Gasteiger partial charge in [-0.1, -0.05) is 13.8 Å². The Kier molecular flexibility index (Phi) is 3.20. The molecule has 0 bridgehead atoms. The van der Waals surface area contributed by atoms with Gasteiger partial charge in [0, 0.05) is 23.6 Å². The molecule has 3 heteroatoms. The molecule has 98 valence electrons. The molecule has 0 fully saturated rings. The van der Waals surface area contributed by atoms with Gasteiger partial charge < -0.3 is 10.3 Å². The maximum Gasteiger partial charge on any atom is 0.123 e. The van der Waals surface area contributed by atoms with E-state index < -0.39 is 0 Å². The monoisotopic (exact) mass is 248 g/mol. The third-order valence-electron chi connectivity index (χ3n) is 3.90. The molecule has 0 aliphatic rings. The third kappa shape index (κ3) is 1.93. The molecule has 0 radical (unpaired) electrons. The Morgan fingerprint density at radius 1 is 1.33 bits per heavy atom. The molecule has 2 rings (SSSR count). The zero-order valence-corrected chi connectivity index (χ0v) is 11.5. The number of halogens is 1. The average molecular weight is 248 g/mol. The molecule has 0 saturated carbocycles. The number of nitrogens with zero attached hydrogens (tertiary/aromatic N) is 1. The number of fused-ring (bicyclic) bond motifs is 1. The Bertz CT molecular complexity index is 582. The normalized spacial score (nSPS) is 12.3. The molecular weight excluding hydrogens is 227 g/mol. The summed E-state index contributed by atoms with van der Waals surface area (Å²) in [6.45, 7) is 7.07. The van der Waals surface area contributed by atoms with E-state index in [1.165, 1.54) is 17.3 Å². The van der Waals surface area contributed by atoms with E-state index in [-0.39, 0.29) is 11.2 Å². The lowest BCUT2D eigenvalue weighted by atomic mass is 9.80. The van der Waals surface area contributed by atoms with E-state index in [1.54, 1.807) is 6.07 Å². The first kappa shape index (κ1) is 13.1. The zero-order chi connectivity index (χ0) is 13.5. The summed E-state index contributed by atoms with van der Waals surface area (Å²) in [4.78, 5) is 0. The molecule has 18 heavy (non-hydrogen) atoms. The minimum Gasteiger partial charge on any atom is -0.348 e. The van der Waals surface area contributed by atoms with Crippen molar-refractivity contribution in [2.75, 3.05) is 6.54 Å². The van der Waals surface area contributed by atoms with Gasteiger partial charge in [0.2, 0.25) is 0 Å². The third-order valence-corrected chi connectivity index (χ3v) is 3.90. The first-order valence-corrected chi connectivity index (χ1v) is 6.33. The lowest BCUT2D eigenvalue weighted by Crippen LogP contribution is -2.22. The number of benzene rings is 1. The zero-order valence-electron chi connectivity index (χ0n) is 11.5. The quantitative estimate of drug-likeness (QED) is 0.888. The minimum atomic E-state index is -0.183. The second-order valence-corrected chi connectivity index (χ2v) is 5.60. The summed E-state index contributed by atoms with van der Waals surface area (Å²) in [5.41, 5.74) is 9.15. The Balaban J connectivity index is 2.77. The van der Waals surface area contributed by atoms with Gasteiger partial charge in [-0.3, -0.25) is 0 Å². The molecule has 1 heterocycles. The smallest absolute Gasteiger partial charge is 0.123 e. The first-order valence-electron chi connectivity index (χ1n) is 6.33. The standard InChI is InChI=1S/C15H21FN2/c1-10-14(15(2,3)7-8-17)12-9-11(16)5-6-13(12)18(10)4/h5-6,9H,7-8,17H2,1-4H3. The van der Waals surface area contributed by atoms with E-state index in [1.807, 2.05) is 13.1 Å². The summed E-state index contributed by atoms with van der Waals surface area (Å²) in [7, 11) is 2.03. The highest BCUT2D eigenvalue weighted by molar-refractivity contribution is 5.86. The van der Waals surface area contributed by atoms with E-state index in [0.717, 1.165) is 17.3 Å². The average Bonchev–Trinajstić information content (AvgIpc) is 2.51. The molecule has 1 aromatic heterocycles. The van der Waals surface area contributed by atoms with Crippen molar-refractivity contribution in [3.63, 3.8) is 0 Å². The number of rotatable bonds is 3. The van der Waals surface area contributed by atoms with Crippen LogP contribution in [0, 0.1) is 12.7 Å². The van der Waals surface area contributed by atoms with Crippen LogP contribution < -0.4 is 5.73 Å². The highest BCUT2D eigenvalue weighted by Gasteiger charge is 2.27. The molecule has 0 spiro atoms. The lowest BCUT2D eigenvalue weighted by Gasteiger charge is -2.25. The maximum absolute atomic E-state index is 13.5. The van der Waals surface area contributed by atoms with Crippen LogP contribution in [0.5, 0.6) is 0 Å². The Morgan fingerprint density at radius 3 is 2.61 bits per heavy atom. The van der Waals surface area contributed by atoms with E-state index in [2.05, 4.69) is 25.3 Å². The fourth-order valence-electron chi connectivity index (χ4n) is 2.88.